The summed E-state index contributed by atoms with van der Waals surface area (Å²) in [6, 6.07) is 4.64. The molecule has 0 heterocycles. The molecule has 0 aliphatic heterocycles. The quantitative estimate of drug-likeness (QED) is 0.828. The predicted octanol–water partition coefficient (Wildman–Crippen LogP) is 1.31. The molecule has 118 valence electrons. The highest BCUT2D eigenvalue weighted by Gasteiger charge is 2.18. The summed E-state index contributed by atoms with van der Waals surface area (Å²) < 4.78 is 25.3. The van der Waals surface area contributed by atoms with Crippen molar-refractivity contribution in [3.63, 3.8) is 0 Å². The van der Waals surface area contributed by atoms with Gasteiger partial charge in [0.15, 0.2) is 0 Å². The summed E-state index contributed by atoms with van der Waals surface area (Å²) in [7, 11) is -0.579. The Hall–Kier alpha value is -1.44. The Morgan fingerprint density at radius 1 is 1.38 bits per heavy atom. The number of carbonyl (C=O) groups excluding carboxylic acids is 1. The summed E-state index contributed by atoms with van der Waals surface area (Å²) in [6.07, 6.45) is 0.891. The van der Waals surface area contributed by atoms with Gasteiger partial charge >= 0.3 is 0 Å². The van der Waals surface area contributed by atoms with Gasteiger partial charge in [-0.3, -0.25) is 4.79 Å². The van der Waals surface area contributed by atoms with Crippen molar-refractivity contribution in [2.24, 2.45) is 5.73 Å². The summed E-state index contributed by atoms with van der Waals surface area (Å²) in [5.74, 6) is -0.171. The maximum Gasteiger partial charge on any atom is 0.242 e. The Morgan fingerprint density at radius 3 is 2.52 bits per heavy atom. The third kappa shape index (κ3) is 4.80. The van der Waals surface area contributed by atoms with Crippen LogP contribution in [0.2, 0.25) is 0 Å². The molecule has 0 fully saturated rings. The fraction of sp³-hybridized carbons (Fsp3) is 0.500. The minimum absolute atomic E-state index is 0.0442. The molecule has 1 amide bonds. The maximum absolute atomic E-state index is 12.1. The number of nitrogens with one attached hydrogen (secondary N) is 1. The van der Waals surface area contributed by atoms with E-state index in [1.54, 1.807) is 6.07 Å². The molecule has 1 unspecified atom stereocenters. The van der Waals surface area contributed by atoms with Crippen molar-refractivity contribution in [1.29, 1.82) is 0 Å². The second-order valence-electron chi connectivity index (χ2n) is 5.33. The van der Waals surface area contributed by atoms with Crippen molar-refractivity contribution >= 4 is 21.6 Å². The fourth-order valence-electron chi connectivity index (χ4n) is 1.68. The molecule has 3 N–H and O–H groups in total. The van der Waals surface area contributed by atoms with Crippen molar-refractivity contribution in [2.45, 2.75) is 37.6 Å². The van der Waals surface area contributed by atoms with Crippen LogP contribution in [0.4, 0.5) is 5.69 Å². The Morgan fingerprint density at radius 2 is 2.00 bits per heavy atom. The van der Waals surface area contributed by atoms with E-state index in [0.29, 0.717) is 18.5 Å². The van der Waals surface area contributed by atoms with Crippen molar-refractivity contribution in [2.75, 3.05) is 19.4 Å². The standard InChI is InChI=1S/C14H23N3O3S/c1-10-5-7-12(21(19,20)17(3)4)9-13(10)16-14(18)8-6-11(2)15/h5,7,9,11H,6,8,15H2,1-4H3,(H,16,18). The Balaban J connectivity index is 2.96. The summed E-state index contributed by atoms with van der Waals surface area (Å²) in [4.78, 5) is 12.0. The van der Waals surface area contributed by atoms with Crippen molar-refractivity contribution in [3.05, 3.63) is 23.8 Å². The van der Waals surface area contributed by atoms with E-state index in [9.17, 15) is 13.2 Å². The van der Waals surface area contributed by atoms with E-state index >= 15 is 0 Å². The summed E-state index contributed by atoms with van der Waals surface area (Å²) >= 11 is 0. The molecule has 0 bridgehead atoms. The molecule has 1 rings (SSSR count). The van der Waals surface area contributed by atoms with Crippen LogP contribution < -0.4 is 11.1 Å². The molecule has 7 heteroatoms. The zero-order valence-electron chi connectivity index (χ0n) is 12.9. The summed E-state index contributed by atoms with van der Waals surface area (Å²) in [5.41, 5.74) is 6.93. The van der Waals surface area contributed by atoms with Gasteiger partial charge in [-0.2, -0.15) is 0 Å². The first-order chi connectivity index (χ1) is 9.64. The first kappa shape index (κ1) is 17.6. The third-order valence-electron chi connectivity index (χ3n) is 3.09. The number of anilines is 1. The lowest BCUT2D eigenvalue weighted by Crippen LogP contribution is -2.23. The van der Waals surface area contributed by atoms with Gasteiger partial charge in [-0.1, -0.05) is 6.07 Å². The van der Waals surface area contributed by atoms with Gasteiger partial charge in [0.05, 0.1) is 4.90 Å². The number of hydrogen-bond acceptors (Lipinski definition) is 4. The van der Waals surface area contributed by atoms with E-state index in [2.05, 4.69) is 5.32 Å². The van der Waals surface area contributed by atoms with Crippen molar-refractivity contribution in [3.8, 4) is 0 Å². The third-order valence-corrected chi connectivity index (χ3v) is 4.90. The van der Waals surface area contributed by atoms with Gasteiger partial charge in [0.1, 0.15) is 0 Å². The van der Waals surface area contributed by atoms with E-state index in [1.807, 2.05) is 13.8 Å². The first-order valence-electron chi connectivity index (χ1n) is 6.73. The van der Waals surface area contributed by atoms with Crippen LogP contribution >= 0.6 is 0 Å². The van der Waals surface area contributed by atoms with Crippen LogP contribution in [0.5, 0.6) is 0 Å². The number of nitrogens with two attached hydrogens (primary N) is 1. The van der Waals surface area contributed by atoms with Gasteiger partial charge < -0.3 is 11.1 Å². The molecule has 0 aliphatic rings. The van der Waals surface area contributed by atoms with Crippen LogP contribution in [0.15, 0.2) is 23.1 Å². The van der Waals surface area contributed by atoms with Crippen LogP contribution in [-0.2, 0) is 14.8 Å². The number of hydrogen-bond donors (Lipinski definition) is 2. The predicted molar refractivity (Wildman–Crippen MR) is 83.6 cm³/mol. The van der Waals surface area contributed by atoms with Crippen LogP contribution in [0.1, 0.15) is 25.3 Å². The Labute approximate surface area is 126 Å². The number of nitrogens with zero attached hydrogens (tertiary/aromatic N) is 1. The van der Waals surface area contributed by atoms with E-state index in [1.165, 1.54) is 26.2 Å². The average Bonchev–Trinajstić information content (AvgIpc) is 2.38. The van der Waals surface area contributed by atoms with Crippen LogP contribution in [0.25, 0.3) is 0 Å². The molecule has 0 aliphatic carbocycles. The van der Waals surface area contributed by atoms with Gasteiger partial charge in [0, 0.05) is 32.2 Å². The molecule has 0 aromatic heterocycles. The van der Waals surface area contributed by atoms with Crippen LogP contribution in [-0.4, -0.2) is 38.8 Å². The molecule has 0 spiro atoms. The zero-order chi connectivity index (χ0) is 16.2. The lowest BCUT2D eigenvalue weighted by atomic mass is 10.1. The number of benzene rings is 1. The highest BCUT2D eigenvalue weighted by molar-refractivity contribution is 7.89. The van der Waals surface area contributed by atoms with E-state index in [0.717, 1.165) is 9.87 Å². The smallest absolute Gasteiger partial charge is 0.242 e. The van der Waals surface area contributed by atoms with Gasteiger partial charge in [-0.25, -0.2) is 12.7 Å². The lowest BCUT2D eigenvalue weighted by molar-refractivity contribution is -0.116. The van der Waals surface area contributed by atoms with Crippen LogP contribution in [0.3, 0.4) is 0 Å². The van der Waals surface area contributed by atoms with Gasteiger partial charge in [0.2, 0.25) is 15.9 Å². The SMILES string of the molecule is Cc1ccc(S(=O)(=O)N(C)C)cc1NC(=O)CCC(C)N. The highest BCUT2D eigenvalue weighted by Crippen LogP contribution is 2.22. The van der Waals surface area contributed by atoms with Crippen molar-refractivity contribution < 1.29 is 13.2 Å². The first-order valence-corrected chi connectivity index (χ1v) is 8.17. The second kappa shape index (κ2) is 7.02. The molecular formula is C14H23N3O3S. The monoisotopic (exact) mass is 313 g/mol. The van der Waals surface area contributed by atoms with E-state index in [-0.39, 0.29) is 16.8 Å². The van der Waals surface area contributed by atoms with Gasteiger partial charge in [0.25, 0.3) is 0 Å². The maximum atomic E-state index is 12.1. The number of aryl methyl sites for hydroxylation is 1. The number of sulfonamides is 1. The van der Waals surface area contributed by atoms with Gasteiger partial charge in [-0.05, 0) is 38.0 Å². The zero-order valence-corrected chi connectivity index (χ0v) is 13.7. The molecule has 1 aromatic rings. The normalized spacial score (nSPS) is 13.2. The second-order valence-corrected chi connectivity index (χ2v) is 7.48. The highest BCUT2D eigenvalue weighted by atomic mass is 32.2. The topological polar surface area (TPSA) is 92.5 Å². The molecule has 0 saturated carbocycles. The molecule has 21 heavy (non-hydrogen) atoms. The average molecular weight is 313 g/mol. The summed E-state index contributed by atoms with van der Waals surface area (Å²) in [5, 5.41) is 2.74. The number of amides is 1. The molecule has 1 aromatic carbocycles. The number of carbonyl (C=O) groups is 1. The molecular weight excluding hydrogens is 290 g/mol. The fourth-order valence-corrected chi connectivity index (χ4v) is 2.61. The van der Waals surface area contributed by atoms with Gasteiger partial charge in [-0.15, -0.1) is 0 Å². The van der Waals surface area contributed by atoms with E-state index in [4.69, 9.17) is 5.73 Å². The minimum Gasteiger partial charge on any atom is -0.328 e. The summed E-state index contributed by atoms with van der Waals surface area (Å²) in [6.45, 7) is 3.65. The van der Waals surface area contributed by atoms with Crippen molar-refractivity contribution in [1.82, 2.24) is 4.31 Å². The Kier molecular flexibility index (Phi) is 5.88. The van der Waals surface area contributed by atoms with Crippen LogP contribution in [0, 0.1) is 6.92 Å². The Bertz CT molecular complexity index is 610. The largest absolute Gasteiger partial charge is 0.328 e. The number of rotatable bonds is 6. The van der Waals surface area contributed by atoms with E-state index < -0.39 is 10.0 Å². The lowest BCUT2D eigenvalue weighted by Gasteiger charge is -2.14. The molecule has 6 nitrogen and oxygen atoms in total. The molecule has 0 radical (unpaired) electrons. The molecule has 0 saturated heterocycles. The molecule has 1 atom stereocenters. The minimum atomic E-state index is -3.52.